The predicted octanol–water partition coefficient (Wildman–Crippen LogP) is 4.45. The molecule has 1 N–H and O–H groups in total. The van der Waals surface area contributed by atoms with Crippen molar-refractivity contribution >= 4 is 40.4 Å². The van der Waals surface area contributed by atoms with E-state index in [4.69, 9.17) is 16.0 Å². The fraction of sp³-hybridized carbons (Fsp3) is 0.176. The zero-order valence-electron chi connectivity index (χ0n) is 12.5. The van der Waals surface area contributed by atoms with Crippen molar-refractivity contribution in [3.8, 4) is 0 Å². The van der Waals surface area contributed by atoms with Crippen LogP contribution in [0.3, 0.4) is 0 Å². The molecule has 1 atom stereocenters. The molecule has 1 aromatic heterocycles. The van der Waals surface area contributed by atoms with Gasteiger partial charge in [-0.15, -0.1) is 0 Å². The normalized spacial score (nSPS) is 12.3. The number of carbonyl (C=O) groups excluding carboxylic acids is 1. The molecule has 0 fully saturated rings. The predicted molar refractivity (Wildman–Crippen MR) is 92.7 cm³/mol. The Bertz CT molecular complexity index is 801. The van der Waals surface area contributed by atoms with Gasteiger partial charge in [0.2, 0.25) is 5.91 Å². The molecule has 1 heterocycles. The number of hydrogen-bond donors (Lipinski definition) is 1. The highest BCUT2D eigenvalue weighted by atomic mass is 35.5. The number of oxazole rings is 1. The molecule has 2 aromatic carbocycles. The molecule has 0 aliphatic heterocycles. The zero-order valence-corrected chi connectivity index (χ0v) is 14.0. The average Bonchev–Trinajstić information content (AvgIpc) is 2.96. The lowest BCUT2D eigenvalue weighted by Gasteiger charge is -2.15. The van der Waals surface area contributed by atoms with Crippen LogP contribution in [0.1, 0.15) is 18.5 Å². The summed E-state index contributed by atoms with van der Waals surface area (Å²) in [5.41, 5.74) is 2.41. The standard InChI is InChI=1S/C17H15ClN2O2S/c1-11(12-6-2-3-7-13(12)18)19-16(21)10-23-17-20-14-8-4-5-9-15(14)22-17/h2-9,11H,10H2,1H3,(H,19,21)/t11-/m1/s1. The van der Waals surface area contributed by atoms with Gasteiger partial charge in [0.15, 0.2) is 5.58 Å². The van der Waals surface area contributed by atoms with Crippen LogP contribution >= 0.6 is 23.4 Å². The first-order valence-electron chi connectivity index (χ1n) is 7.15. The van der Waals surface area contributed by atoms with E-state index in [-0.39, 0.29) is 17.7 Å². The first-order valence-corrected chi connectivity index (χ1v) is 8.52. The van der Waals surface area contributed by atoms with Gasteiger partial charge < -0.3 is 9.73 Å². The van der Waals surface area contributed by atoms with E-state index < -0.39 is 0 Å². The summed E-state index contributed by atoms with van der Waals surface area (Å²) in [6.07, 6.45) is 0. The SMILES string of the molecule is C[C@@H](NC(=O)CSc1nc2ccccc2o1)c1ccccc1Cl. The first-order chi connectivity index (χ1) is 11.1. The second kappa shape index (κ2) is 7.06. The van der Waals surface area contributed by atoms with E-state index >= 15 is 0 Å². The van der Waals surface area contributed by atoms with Crippen LogP contribution in [0.5, 0.6) is 0 Å². The number of carbonyl (C=O) groups is 1. The second-order valence-corrected chi connectivity index (χ2v) is 6.38. The highest BCUT2D eigenvalue weighted by Crippen LogP contribution is 2.24. The molecule has 6 heteroatoms. The average molecular weight is 347 g/mol. The van der Waals surface area contributed by atoms with E-state index in [9.17, 15) is 4.79 Å². The Hall–Kier alpha value is -1.98. The van der Waals surface area contributed by atoms with Gasteiger partial charge in [-0.05, 0) is 30.7 Å². The van der Waals surface area contributed by atoms with Crippen molar-refractivity contribution in [1.82, 2.24) is 10.3 Å². The molecule has 0 saturated carbocycles. The molecule has 23 heavy (non-hydrogen) atoms. The summed E-state index contributed by atoms with van der Waals surface area (Å²) in [7, 11) is 0. The molecule has 0 saturated heterocycles. The number of hydrogen-bond acceptors (Lipinski definition) is 4. The van der Waals surface area contributed by atoms with E-state index in [1.54, 1.807) is 0 Å². The van der Waals surface area contributed by atoms with E-state index in [1.165, 1.54) is 11.8 Å². The number of aromatic nitrogens is 1. The van der Waals surface area contributed by atoms with E-state index in [0.29, 0.717) is 10.2 Å². The quantitative estimate of drug-likeness (QED) is 0.693. The molecule has 3 rings (SSSR count). The molecular weight excluding hydrogens is 332 g/mol. The van der Waals surface area contributed by atoms with Gasteiger partial charge >= 0.3 is 0 Å². The van der Waals surface area contributed by atoms with E-state index in [2.05, 4.69) is 10.3 Å². The lowest BCUT2D eigenvalue weighted by molar-refractivity contribution is -0.119. The van der Waals surface area contributed by atoms with Gasteiger partial charge in [-0.25, -0.2) is 4.98 Å². The summed E-state index contributed by atoms with van der Waals surface area (Å²) in [6.45, 7) is 1.91. The van der Waals surface area contributed by atoms with Crippen LogP contribution in [0.15, 0.2) is 58.2 Å². The molecule has 1 amide bonds. The largest absolute Gasteiger partial charge is 0.431 e. The Morgan fingerprint density at radius 3 is 2.78 bits per heavy atom. The molecule has 0 aliphatic carbocycles. The monoisotopic (exact) mass is 346 g/mol. The van der Waals surface area contributed by atoms with Crippen molar-refractivity contribution < 1.29 is 9.21 Å². The number of nitrogens with one attached hydrogen (secondary N) is 1. The summed E-state index contributed by atoms with van der Waals surface area (Å²) in [5.74, 6) is 0.145. The fourth-order valence-corrected chi connectivity index (χ4v) is 3.18. The lowest BCUT2D eigenvalue weighted by Crippen LogP contribution is -2.28. The highest BCUT2D eigenvalue weighted by Gasteiger charge is 2.14. The van der Waals surface area contributed by atoms with Gasteiger partial charge in [0.05, 0.1) is 11.8 Å². The Balaban J connectivity index is 1.58. The summed E-state index contributed by atoms with van der Waals surface area (Å²) >= 11 is 7.41. The molecule has 0 bridgehead atoms. The van der Waals surface area contributed by atoms with Crippen molar-refractivity contribution in [2.75, 3.05) is 5.75 Å². The van der Waals surface area contributed by atoms with Crippen LogP contribution in [0.4, 0.5) is 0 Å². The Kier molecular flexibility index (Phi) is 4.88. The molecule has 0 spiro atoms. The number of nitrogens with zero attached hydrogens (tertiary/aromatic N) is 1. The Morgan fingerprint density at radius 1 is 1.26 bits per heavy atom. The minimum absolute atomic E-state index is 0.0929. The Labute approximate surface area is 143 Å². The zero-order chi connectivity index (χ0) is 16.2. The minimum atomic E-state index is -0.152. The summed E-state index contributed by atoms with van der Waals surface area (Å²) in [4.78, 5) is 16.4. The van der Waals surface area contributed by atoms with Crippen LogP contribution in [-0.2, 0) is 4.79 Å². The first kappa shape index (κ1) is 15.9. The molecule has 3 aromatic rings. The van der Waals surface area contributed by atoms with Gasteiger partial charge in [0.1, 0.15) is 5.52 Å². The van der Waals surface area contributed by atoms with Crippen LogP contribution in [0.2, 0.25) is 5.02 Å². The number of amides is 1. The molecule has 0 unspecified atom stereocenters. The third kappa shape index (κ3) is 3.86. The summed E-state index contributed by atoms with van der Waals surface area (Å²) < 4.78 is 5.58. The van der Waals surface area contributed by atoms with Gasteiger partial charge in [-0.2, -0.15) is 0 Å². The third-order valence-electron chi connectivity index (χ3n) is 3.35. The number of thioether (sulfide) groups is 1. The summed E-state index contributed by atoms with van der Waals surface area (Å²) in [5, 5.41) is 4.06. The van der Waals surface area contributed by atoms with Gasteiger partial charge in [0, 0.05) is 5.02 Å². The number of halogens is 1. The molecule has 0 radical (unpaired) electrons. The minimum Gasteiger partial charge on any atom is -0.431 e. The smallest absolute Gasteiger partial charge is 0.257 e. The topological polar surface area (TPSA) is 55.1 Å². The van der Waals surface area contributed by atoms with Crippen molar-refractivity contribution in [2.45, 2.75) is 18.2 Å². The Morgan fingerprint density at radius 2 is 2.00 bits per heavy atom. The van der Waals surface area contributed by atoms with Crippen molar-refractivity contribution in [1.29, 1.82) is 0 Å². The van der Waals surface area contributed by atoms with Gasteiger partial charge in [-0.1, -0.05) is 53.7 Å². The maximum atomic E-state index is 12.1. The van der Waals surface area contributed by atoms with Crippen LogP contribution in [-0.4, -0.2) is 16.6 Å². The van der Waals surface area contributed by atoms with Crippen LogP contribution in [0.25, 0.3) is 11.1 Å². The molecule has 4 nitrogen and oxygen atoms in total. The summed E-state index contributed by atoms with van der Waals surface area (Å²) in [6, 6.07) is 14.8. The second-order valence-electron chi connectivity index (χ2n) is 5.05. The highest BCUT2D eigenvalue weighted by molar-refractivity contribution is 7.99. The van der Waals surface area contributed by atoms with Crippen molar-refractivity contribution in [2.24, 2.45) is 0 Å². The molecule has 118 valence electrons. The van der Waals surface area contributed by atoms with Crippen LogP contribution in [0, 0.1) is 0 Å². The van der Waals surface area contributed by atoms with E-state index in [1.807, 2.05) is 55.5 Å². The maximum absolute atomic E-state index is 12.1. The van der Waals surface area contributed by atoms with E-state index in [0.717, 1.165) is 16.7 Å². The number of rotatable bonds is 5. The van der Waals surface area contributed by atoms with Crippen molar-refractivity contribution in [3.05, 3.63) is 59.1 Å². The van der Waals surface area contributed by atoms with Crippen molar-refractivity contribution in [3.63, 3.8) is 0 Å². The van der Waals surface area contributed by atoms with Gasteiger partial charge in [-0.3, -0.25) is 4.79 Å². The number of fused-ring (bicyclic) bond motifs is 1. The van der Waals surface area contributed by atoms with Gasteiger partial charge in [0.25, 0.3) is 5.22 Å². The molecular formula is C17H15ClN2O2S. The maximum Gasteiger partial charge on any atom is 0.257 e. The fourth-order valence-electron chi connectivity index (χ4n) is 2.23. The van der Waals surface area contributed by atoms with Crippen LogP contribution < -0.4 is 5.32 Å². The third-order valence-corrected chi connectivity index (χ3v) is 4.52. The molecule has 0 aliphatic rings. The number of benzene rings is 2. The lowest BCUT2D eigenvalue weighted by atomic mass is 10.1. The number of para-hydroxylation sites is 2.